The number of nitrogen functional groups attached to an aromatic ring is 1. The summed E-state index contributed by atoms with van der Waals surface area (Å²) < 4.78 is 40.1. The highest BCUT2D eigenvalue weighted by atomic mass is 35.5. The van der Waals surface area contributed by atoms with Gasteiger partial charge in [0.05, 0.1) is 11.4 Å². The topological polar surface area (TPSA) is 63.4 Å². The maximum absolute atomic E-state index is 14.0. The number of sulfonamides is 1. The van der Waals surface area contributed by atoms with E-state index in [1.807, 2.05) is 13.0 Å². The molecule has 0 atom stereocenters. The average molecular weight is 329 g/mol. The largest absolute Gasteiger partial charge is 0.396 e. The highest BCUT2D eigenvalue weighted by molar-refractivity contribution is 7.92. The molecular weight excluding hydrogens is 315 g/mol. The van der Waals surface area contributed by atoms with E-state index >= 15 is 0 Å². The first-order valence-corrected chi connectivity index (χ1v) is 7.85. The molecule has 0 saturated heterocycles. The Hall–Kier alpha value is -1.79. The van der Waals surface area contributed by atoms with Crippen LogP contribution in [0.3, 0.4) is 0 Å². The van der Waals surface area contributed by atoms with E-state index in [1.54, 1.807) is 18.2 Å². The van der Waals surface area contributed by atoms with Crippen LogP contribution in [0.4, 0.5) is 15.8 Å². The Balaban J connectivity index is 2.57. The normalized spacial score (nSPS) is 11.4. The molecule has 21 heavy (non-hydrogen) atoms. The molecule has 0 bridgehead atoms. The molecule has 0 amide bonds. The van der Waals surface area contributed by atoms with Crippen molar-refractivity contribution in [1.29, 1.82) is 0 Å². The SMILES string of the molecule is Cc1cccc(N(C)S(=O)(=O)c2cc(Cl)cc(N)c2F)c1. The van der Waals surface area contributed by atoms with Crippen LogP contribution in [0.5, 0.6) is 0 Å². The minimum Gasteiger partial charge on any atom is -0.396 e. The third kappa shape index (κ3) is 2.96. The van der Waals surface area contributed by atoms with Gasteiger partial charge in [-0.2, -0.15) is 0 Å². The first kappa shape index (κ1) is 15.6. The summed E-state index contributed by atoms with van der Waals surface area (Å²) in [5, 5.41) is 0.0603. The summed E-state index contributed by atoms with van der Waals surface area (Å²) in [6, 6.07) is 9.08. The molecule has 7 heteroatoms. The van der Waals surface area contributed by atoms with E-state index in [0.29, 0.717) is 5.69 Å². The van der Waals surface area contributed by atoms with Gasteiger partial charge in [0.25, 0.3) is 10.0 Å². The molecule has 2 rings (SSSR count). The van der Waals surface area contributed by atoms with Gasteiger partial charge >= 0.3 is 0 Å². The van der Waals surface area contributed by atoms with E-state index < -0.39 is 20.7 Å². The van der Waals surface area contributed by atoms with Crippen molar-refractivity contribution in [2.75, 3.05) is 17.1 Å². The smallest absolute Gasteiger partial charge is 0.267 e. The van der Waals surface area contributed by atoms with E-state index in [2.05, 4.69) is 0 Å². The fourth-order valence-electron chi connectivity index (χ4n) is 1.88. The van der Waals surface area contributed by atoms with Crippen LogP contribution in [0.2, 0.25) is 5.02 Å². The summed E-state index contributed by atoms with van der Waals surface area (Å²) in [4.78, 5) is -0.545. The van der Waals surface area contributed by atoms with Crippen LogP contribution in [0, 0.1) is 12.7 Å². The zero-order chi connectivity index (χ0) is 15.8. The molecule has 0 radical (unpaired) electrons. The van der Waals surface area contributed by atoms with Gasteiger partial charge in [-0.25, -0.2) is 12.8 Å². The maximum atomic E-state index is 14.0. The zero-order valence-corrected chi connectivity index (χ0v) is 13.0. The number of halogens is 2. The molecular formula is C14H14ClFN2O2S. The lowest BCUT2D eigenvalue weighted by molar-refractivity contribution is 0.568. The Morgan fingerprint density at radius 2 is 1.90 bits per heavy atom. The van der Waals surface area contributed by atoms with Gasteiger partial charge in [0.1, 0.15) is 4.90 Å². The van der Waals surface area contributed by atoms with E-state index in [9.17, 15) is 12.8 Å². The molecule has 0 saturated carbocycles. The minimum absolute atomic E-state index is 0.0603. The Morgan fingerprint density at radius 1 is 1.24 bits per heavy atom. The van der Waals surface area contributed by atoms with E-state index in [0.717, 1.165) is 15.9 Å². The average Bonchev–Trinajstić information content (AvgIpc) is 2.41. The number of anilines is 2. The second-order valence-corrected chi connectivity index (χ2v) is 6.99. The van der Waals surface area contributed by atoms with E-state index in [1.165, 1.54) is 13.1 Å². The van der Waals surface area contributed by atoms with Crippen LogP contribution < -0.4 is 10.0 Å². The molecule has 112 valence electrons. The predicted octanol–water partition coefficient (Wildman–Crippen LogP) is 3.19. The second-order valence-electron chi connectivity index (χ2n) is 4.62. The van der Waals surface area contributed by atoms with Gasteiger partial charge in [0, 0.05) is 12.1 Å². The Labute approximate surface area is 128 Å². The molecule has 2 aromatic rings. The van der Waals surface area contributed by atoms with Crippen LogP contribution in [0.15, 0.2) is 41.3 Å². The van der Waals surface area contributed by atoms with Gasteiger partial charge in [-0.1, -0.05) is 23.7 Å². The van der Waals surface area contributed by atoms with Gasteiger partial charge < -0.3 is 5.73 Å². The standard InChI is InChI=1S/C14H14ClFN2O2S/c1-9-4-3-5-11(6-9)18(2)21(19,20)13-8-10(15)7-12(17)14(13)16/h3-8H,17H2,1-2H3. The molecule has 0 unspecified atom stereocenters. The summed E-state index contributed by atoms with van der Waals surface area (Å²) in [5.74, 6) is -1.00. The highest BCUT2D eigenvalue weighted by Crippen LogP contribution is 2.29. The predicted molar refractivity (Wildman–Crippen MR) is 82.6 cm³/mol. The third-order valence-corrected chi connectivity index (χ3v) is 5.04. The van der Waals surface area contributed by atoms with Crippen molar-refractivity contribution in [1.82, 2.24) is 0 Å². The third-order valence-electron chi connectivity index (χ3n) is 3.04. The molecule has 0 spiro atoms. The van der Waals surface area contributed by atoms with Crippen molar-refractivity contribution in [3.63, 3.8) is 0 Å². The number of nitrogens with two attached hydrogens (primary N) is 1. The van der Waals surface area contributed by atoms with Crippen LogP contribution in [-0.4, -0.2) is 15.5 Å². The summed E-state index contributed by atoms with van der Waals surface area (Å²) in [6.45, 7) is 1.84. The number of benzene rings is 2. The molecule has 0 aliphatic heterocycles. The molecule has 4 nitrogen and oxygen atoms in total. The summed E-state index contributed by atoms with van der Waals surface area (Å²) in [6.07, 6.45) is 0. The molecule has 2 N–H and O–H groups in total. The number of rotatable bonds is 3. The summed E-state index contributed by atoms with van der Waals surface area (Å²) >= 11 is 5.77. The first-order valence-electron chi connectivity index (χ1n) is 6.03. The lowest BCUT2D eigenvalue weighted by Crippen LogP contribution is -2.27. The lowest BCUT2D eigenvalue weighted by Gasteiger charge is -2.20. The van der Waals surface area contributed by atoms with Crippen LogP contribution in [-0.2, 0) is 10.0 Å². The number of hydrogen-bond donors (Lipinski definition) is 1. The van der Waals surface area contributed by atoms with Gasteiger partial charge in [0.15, 0.2) is 5.82 Å². The molecule has 0 heterocycles. The molecule has 0 fully saturated rings. The number of hydrogen-bond acceptors (Lipinski definition) is 3. The first-order chi connectivity index (χ1) is 9.73. The molecule has 2 aromatic carbocycles. The number of nitrogens with zero attached hydrogens (tertiary/aromatic N) is 1. The van der Waals surface area contributed by atoms with Crippen LogP contribution in [0.1, 0.15) is 5.56 Å². The van der Waals surface area contributed by atoms with Crippen molar-refractivity contribution < 1.29 is 12.8 Å². The Kier molecular flexibility index (Phi) is 4.11. The fourth-order valence-corrected chi connectivity index (χ4v) is 3.48. The lowest BCUT2D eigenvalue weighted by atomic mass is 10.2. The van der Waals surface area contributed by atoms with Gasteiger partial charge in [0.2, 0.25) is 0 Å². The maximum Gasteiger partial charge on any atom is 0.267 e. The quantitative estimate of drug-likeness (QED) is 0.880. The molecule has 0 aromatic heterocycles. The van der Waals surface area contributed by atoms with Crippen molar-refractivity contribution in [2.24, 2.45) is 0 Å². The van der Waals surface area contributed by atoms with E-state index in [4.69, 9.17) is 17.3 Å². The van der Waals surface area contributed by atoms with Crippen molar-refractivity contribution in [3.05, 3.63) is 52.8 Å². The van der Waals surface area contributed by atoms with Crippen LogP contribution >= 0.6 is 11.6 Å². The van der Waals surface area contributed by atoms with Crippen molar-refractivity contribution in [2.45, 2.75) is 11.8 Å². The van der Waals surface area contributed by atoms with Gasteiger partial charge in [-0.15, -0.1) is 0 Å². The monoisotopic (exact) mass is 328 g/mol. The minimum atomic E-state index is -4.09. The fraction of sp³-hybridized carbons (Fsp3) is 0.143. The second kappa shape index (κ2) is 5.54. The van der Waals surface area contributed by atoms with E-state index in [-0.39, 0.29) is 10.7 Å². The zero-order valence-electron chi connectivity index (χ0n) is 11.5. The number of aryl methyl sites for hydroxylation is 1. The summed E-state index contributed by atoms with van der Waals surface area (Å²) in [5.41, 5.74) is 6.45. The summed E-state index contributed by atoms with van der Waals surface area (Å²) in [7, 11) is -2.74. The van der Waals surface area contributed by atoms with Crippen molar-refractivity contribution >= 4 is 33.0 Å². The van der Waals surface area contributed by atoms with Crippen LogP contribution in [0.25, 0.3) is 0 Å². The van der Waals surface area contributed by atoms with Gasteiger partial charge in [-0.3, -0.25) is 4.31 Å². The molecule has 0 aliphatic carbocycles. The Bertz CT molecular complexity index is 794. The highest BCUT2D eigenvalue weighted by Gasteiger charge is 2.26. The van der Waals surface area contributed by atoms with Crippen molar-refractivity contribution in [3.8, 4) is 0 Å². The Morgan fingerprint density at radius 3 is 2.52 bits per heavy atom. The van der Waals surface area contributed by atoms with Gasteiger partial charge in [-0.05, 0) is 36.8 Å². The molecule has 0 aliphatic rings.